The van der Waals surface area contributed by atoms with Crippen LogP contribution < -0.4 is 5.32 Å². The average molecular weight is 268 g/mol. The predicted molar refractivity (Wildman–Crippen MR) is 71.8 cm³/mol. The fourth-order valence-electron chi connectivity index (χ4n) is 3.08. The predicted octanol–water partition coefficient (Wildman–Crippen LogP) is 1.23. The average Bonchev–Trinajstić information content (AvgIpc) is 2.88. The molecule has 19 heavy (non-hydrogen) atoms. The fourth-order valence-corrected chi connectivity index (χ4v) is 3.08. The summed E-state index contributed by atoms with van der Waals surface area (Å²) >= 11 is 0. The maximum Gasteiger partial charge on any atom is 0.307 e. The third-order valence-electron chi connectivity index (χ3n) is 4.45. The number of nitrogens with zero attached hydrogens (tertiary/aromatic N) is 1. The Labute approximate surface area is 114 Å². The molecule has 2 fully saturated rings. The molecular formula is C14H24N2O3. The lowest BCUT2D eigenvalue weighted by Gasteiger charge is -2.28. The van der Waals surface area contributed by atoms with Crippen LogP contribution in [0.4, 0.5) is 0 Å². The Morgan fingerprint density at radius 1 is 1.21 bits per heavy atom. The van der Waals surface area contributed by atoms with Gasteiger partial charge in [0, 0.05) is 12.6 Å². The van der Waals surface area contributed by atoms with Gasteiger partial charge in [0.15, 0.2) is 0 Å². The van der Waals surface area contributed by atoms with E-state index in [1.807, 2.05) is 11.8 Å². The second kappa shape index (κ2) is 6.37. The van der Waals surface area contributed by atoms with E-state index >= 15 is 0 Å². The molecule has 1 aliphatic carbocycles. The molecular weight excluding hydrogens is 244 g/mol. The summed E-state index contributed by atoms with van der Waals surface area (Å²) in [5, 5.41) is 12.1. The van der Waals surface area contributed by atoms with Crippen LogP contribution in [0.25, 0.3) is 0 Å². The molecule has 2 unspecified atom stereocenters. The highest BCUT2D eigenvalue weighted by atomic mass is 16.4. The Morgan fingerprint density at radius 2 is 1.89 bits per heavy atom. The normalized spacial score (nSPS) is 27.1. The molecule has 1 aliphatic heterocycles. The minimum atomic E-state index is -0.748. The van der Waals surface area contributed by atoms with Crippen molar-refractivity contribution in [3.05, 3.63) is 0 Å². The summed E-state index contributed by atoms with van der Waals surface area (Å²) in [6, 6.07) is 0.104. The Morgan fingerprint density at radius 3 is 2.47 bits per heavy atom. The Hall–Kier alpha value is -1.10. The van der Waals surface area contributed by atoms with Crippen molar-refractivity contribution in [2.75, 3.05) is 13.1 Å². The highest BCUT2D eigenvalue weighted by Gasteiger charge is 2.33. The molecule has 0 aromatic heterocycles. The molecule has 1 saturated heterocycles. The van der Waals surface area contributed by atoms with Gasteiger partial charge in [-0.15, -0.1) is 0 Å². The van der Waals surface area contributed by atoms with Gasteiger partial charge in [0.05, 0.1) is 12.0 Å². The largest absolute Gasteiger partial charge is 0.481 e. The maximum atomic E-state index is 12.2. The molecule has 0 aromatic rings. The van der Waals surface area contributed by atoms with Gasteiger partial charge < -0.3 is 10.4 Å². The van der Waals surface area contributed by atoms with Crippen LogP contribution in [0.5, 0.6) is 0 Å². The number of carboxylic acid groups (broad SMARTS) is 1. The first-order valence-corrected chi connectivity index (χ1v) is 7.35. The Bertz CT molecular complexity index is 340. The summed E-state index contributed by atoms with van der Waals surface area (Å²) in [7, 11) is 0. The number of amides is 1. The molecule has 2 atom stereocenters. The summed E-state index contributed by atoms with van der Waals surface area (Å²) in [4.78, 5) is 25.1. The molecule has 1 amide bonds. The van der Waals surface area contributed by atoms with Crippen molar-refractivity contribution in [1.82, 2.24) is 10.2 Å². The van der Waals surface area contributed by atoms with Crippen molar-refractivity contribution in [1.29, 1.82) is 0 Å². The third-order valence-corrected chi connectivity index (χ3v) is 4.45. The van der Waals surface area contributed by atoms with Crippen LogP contribution in [0.15, 0.2) is 0 Å². The lowest BCUT2D eigenvalue weighted by molar-refractivity contribution is -0.141. The lowest BCUT2D eigenvalue weighted by atomic mass is 9.95. The number of rotatable bonds is 4. The Balaban J connectivity index is 1.80. The van der Waals surface area contributed by atoms with Gasteiger partial charge in [-0.3, -0.25) is 14.5 Å². The van der Waals surface area contributed by atoms with Crippen LogP contribution in [0.1, 0.15) is 45.4 Å². The topological polar surface area (TPSA) is 69.6 Å². The number of carbonyl (C=O) groups is 2. The monoisotopic (exact) mass is 268 g/mol. The molecule has 108 valence electrons. The fraction of sp³-hybridized carbons (Fsp3) is 0.857. The van der Waals surface area contributed by atoms with Crippen LogP contribution in [0.3, 0.4) is 0 Å². The molecule has 5 nitrogen and oxygen atoms in total. The van der Waals surface area contributed by atoms with E-state index in [4.69, 9.17) is 5.11 Å². The number of aliphatic carboxylic acids is 1. The van der Waals surface area contributed by atoms with E-state index in [-0.39, 0.29) is 17.9 Å². The van der Waals surface area contributed by atoms with E-state index in [0.717, 1.165) is 12.8 Å². The Kier molecular flexibility index (Phi) is 4.80. The minimum Gasteiger partial charge on any atom is -0.481 e. The third kappa shape index (κ3) is 3.69. The van der Waals surface area contributed by atoms with Crippen LogP contribution >= 0.6 is 0 Å². The zero-order valence-electron chi connectivity index (χ0n) is 11.6. The van der Waals surface area contributed by atoms with Crippen molar-refractivity contribution >= 4 is 11.9 Å². The summed E-state index contributed by atoms with van der Waals surface area (Å²) in [6.07, 6.45) is 6.48. The highest BCUT2D eigenvalue weighted by molar-refractivity contribution is 5.81. The van der Waals surface area contributed by atoms with Gasteiger partial charge >= 0.3 is 5.97 Å². The molecule has 0 radical (unpaired) electrons. The number of carboxylic acids is 1. The number of hydrogen-bond acceptors (Lipinski definition) is 3. The van der Waals surface area contributed by atoms with Gasteiger partial charge in [0.1, 0.15) is 0 Å². The molecule has 2 rings (SSSR count). The number of hydrogen-bond donors (Lipinski definition) is 2. The first-order valence-electron chi connectivity index (χ1n) is 7.35. The maximum absolute atomic E-state index is 12.2. The van der Waals surface area contributed by atoms with Crippen LogP contribution in [0.2, 0.25) is 0 Å². The van der Waals surface area contributed by atoms with E-state index in [1.165, 1.54) is 19.3 Å². The smallest absolute Gasteiger partial charge is 0.307 e. The van der Waals surface area contributed by atoms with Crippen LogP contribution in [-0.2, 0) is 9.59 Å². The van der Waals surface area contributed by atoms with Gasteiger partial charge in [-0.1, -0.05) is 19.3 Å². The number of nitrogens with one attached hydrogen (secondary N) is 1. The van der Waals surface area contributed by atoms with E-state index in [9.17, 15) is 9.59 Å². The van der Waals surface area contributed by atoms with Gasteiger partial charge in [-0.25, -0.2) is 0 Å². The van der Waals surface area contributed by atoms with Crippen molar-refractivity contribution in [2.24, 2.45) is 5.92 Å². The van der Waals surface area contributed by atoms with Crippen molar-refractivity contribution in [3.8, 4) is 0 Å². The lowest BCUT2D eigenvalue weighted by Crippen LogP contribution is -2.48. The SMILES string of the molecule is CC(C(=O)NC1CCCCC1)N1CCC(C(=O)O)C1. The molecule has 0 spiro atoms. The number of likely N-dealkylation sites (tertiary alicyclic amines) is 1. The second-order valence-electron chi connectivity index (χ2n) is 5.84. The summed E-state index contributed by atoms with van der Waals surface area (Å²) in [5.74, 6) is -1.01. The number of carbonyl (C=O) groups excluding carboxylic acids is 1. The van der Waals surface area contributed by atoms with Crippen molar-refractivity contribution in [2.45, 2.75) is 57.5 Å². The van der Waals surface area contributed by atoms with Gasteiger partial charge in [0.2, 0.25) is 5.91 Å². The molecule has 2 N–H and O–H groups in total. The minimum absolute atomic E-state index is 0.0536. The standard InChI is InChI=1S/C14H24N2O3/c1-10(16-8-7-11(9-16)14(18)19)13(17)15-12-5-3-2-4-6-12/h10-12H,2-9H2,1H3,(H,15,17)(H,18,19). The summed E-state index contributed by atoms with van der Waals surface area (Å²) < 4.78 is 0. The quantitative estimate of drug-likeness (QED) is 0.804. The van der Waals surface area contributed by atoms with Gasteiger partial charge in [-0.2, -0.15) is 0 Å². The van der Waals surface area contributed by atoms with E-state index in [0.29, 0.717) is 25.6 Å². The van der Waals surface area contributed by atoms with Gasteiger partial charge in [0.25, 0.3) is 0 Å². The molecule has 1 saturated carbocycles. The van der Waals surface area contributed by atoms with Gasteiger partial charge in [-0.05, 0) is 32.7 Å². The van der Waals surface area contributed by atoms with Crippen molar-refractivity contribution in [3.63, 3.8) is 0 Å². The second-order valence-corrected chi connectivity index (χ2v) is 5.84. The molecule has 0 aromatic carbocycles. The molecule has 0 bridgehead atoms. The van der Waals surface area contributed by atoms with Crippen LogP contribution in [0, 0.1) is 5.92 Å². The van der Waals surface area contributed by atoms with Crippen molar-refractivity contribution < 1.29 is 14.7 Å². The molecule has 5 heteroatoms. The zero-order chi connectivity index (χ0) is 13.8. The first-order chi connectivity index (χ1) is 9.08. The summed E-state index contributed by atoms with van der Waals surface area (Å²) in [6.45, 7) is 3.08. The zero-order valence-corrected chi connectivity index (χ0v) is 11.6. The van der Waals surface area contributed by atoms with E-state index in [2.05, 4.69) is 5.32 Å². The first kappa shape index (κ1) is 14.3. The highest BCUT2D eigenvalue weighted by Crippen LogP contribution is 2.20. The van der Waals surface area contributed by atoms with E-state index < -0.39 is 5.97 Å². The molecule has 1 heterocycles. The van der Waals surface area contributed by atoms with E-state index in [1.54, 1.807) is 0 Å². The molecule has 2 aliphatic rings. The summed E-state index contributed by atoms with van der Waals surface area (Å²) in [5.41, 5.74) is 0. The van der Waals surface area contributed by atoms with Crippen LogP contribution in [-0.4, -0.2) is 47.1 Å².